The van der Waals surface area contributed by atoms with Crippen LogP contribution >= 0.6 is 0 Å². The predicted molar refractivity (Wildman–Crippen MR) is 200 cm³/mol. The molecule has 2 N–H and O–H groups in total. The number of fused-ring (bicyclic) bond motifs is 2. The summed E-state index contributed by atoms with van der Waals surface area (Å²) in [6, 6.07) is 18.3. The van der Waals surface area contributed by atoms with Crippen LogP contribution in [0, 0.1) is 5.41 Å². The summed E-state index contributed by atoms with van der Waals surface area (Å²) in [5, 5.41) is 23.8. The Labute approximate surface area is 312 Å². The Morgan fingerprint density at radius 1 is 1.02 bits per heavy atom. The lowest BCUT2D eigenvalue weighted by Gasteiger charge is -2.63. The number of methoxy groups -OCH3 is 2. The number of anilines is 1. The minimum absolute atomic E-state index is 0.0396. The number of phenols is 1. The molecule has 4 aromatic rings. The number of aliphatic hydroxyl groups is 1. The zero-order valence-corrected chi connectivity index (χ0v) is 30.7. The van der Waals surface area contributed by atoms with Gasteiger partial charge < -0.3 is 38.5 Å². The van der Waals surface area contributed by atoms with Crippen LogP contribution in [-0.4, -0.2) is 91.8 Å². The number of aromatic hydroxyl groups is 1. The highest BCUT2D eigenvalue weighted by Crippen LogP contribution is 2.67. The van der Waals surface area contributed by atoms with E-state index in [9.17, 15) is 24.6 Å². The van der Waals surface area contributed by atoms with Gasteiger partial charge in [0, 0.05) is 72.4 Å². The lowest BCUT2D eigenvalue weighted by atomic mass is 9.47. The summed E-state index contributed by atoms with van der Waals surface area (Å²) in [5.74, 6) is -0.483. The number of hydrogen-bond acceptors (Lipinski definition) is 12. The third kappa shape index (κ3) is 5.06. The van der Waals surface area contributed by atoms with Crippen molar-refractivity contribution in [1.29, 1.82) is 0 Å². The van der Waals surface area contributed by atoms with Gasteiger partial charge in [-0.25, -0.2) is 4.79 Å². The maximum absolute atomic E-state index is 14.1. The number of benzene rings is 3. The van der Waals surface area contributed by atoms with Crippen LogP contribution in [0.4, 0.5) is 5.69 Å². The van der Waals surface area contributed by atoms with E-state index >= 15 is 0 Å². The molecule has 1 saturated heterocycles. The second kappa shape index (κ2) is 13.2. The van der Waals surface area contributed by atoms with Crippen LogP contribution in [0.1, 0.15) is 38.2 Å². The number of likely N-dealkylation sites (N-methyl/N-ethyl adjacent to an activating group) is 1. The van der Waals surface area contributed by atoms with E-state index in [4.69, 9.17) is 23.4 Å². The second-order valence-electron chi connectivity index (χ2n) is 14.7. The van der Waals surface area contributed by atoms with E-state index in [1.165, 1.54) is 25.3 Å². The fourth-order valence-corrected chi connectivity index (χ4v) is 10.2. The monoisotopic (exact) mass is 736 g/mol. The number of rotatable bonds is 10. The highest BCUT2D eigenvalue weighted by atomic mass is 16.6. The Kier molecular flexibility index (Phi) is 8.73. The molecule has 12 nitrogen and oxygen atoms in total. The smallest absolute Gasteiger partial charge is 0.344 e. The fourth-order valence-electron chi connectivity index (χ4n) is 10.2. The van der Waals surface area contributed by atoms with Gasteiger partial charge in [0.25, 0.3) is 0 Å². The van der Waals surface area contributed by atoms with Gasteiger partial charge in [-0.2, -0.15) is 0 Å². The van der Waals surface area contributed by atoms with Crippen molar-refractivity contribution in [3.8, 4) is 28.6 Å². The number of hydrogen-bond donors (Lipinski definition) is 2. The minimum Gasteiger partial charge on any atom is -0.507 e. The van der Waals surface area contributed by atoms with Crippen molar-refractivity contribution in [3.05, 3.63) is 94.7 Å². The van der Waals surface area contributed by atoms with Crippen LogP contribution in [0.5, 0.6) is 17.2 Å². The van der Waals surface area contributed by atoms with Gasteiger partial charge in [-0.15, -0.1) is 0 Å². The van der Waals surface area contributed by atoms with E-state index in [0.29, 0.717) is 36.5 Å². The first-order chi connectivity index (χ1) is 26.0. The van der Waals surface area contributed by atoms with Gasteiger partial charge >= 0.3 is 11.9 Å². The van der Waals surface area contributed by atoms with Gasteiger partial charge in [-0.3, -0.25) is 14.5 Å². The van der Waals surface area contributed by atoms with E-state index in [2.05, 4.69) is 4.90 Å². The van der Waals surface area contributed by atoms with Crippen molar-refractivity contribution in [2.24, 2.45) is 5.41 Å². The quantitative estimate of drug-likeness (QED) is 0.129. The largest absolute Gasteiger partial charge is 0.507 e. The molecule has 3 aliphatic heterocycles. The number of carbonyl (C=O) groups is 2. The lowest BCUT2D eigenvalue weighted by Crippen LogP contribution is -2.81. The van der Waals surface area contributed by atoms with Gasteiger partial charge in [-0.05, 0) is 37.4 Å². The molecular weight excluding hydrogens is 692 g/mol. The average molecular weight is 737 g/mol. The van der Waals surface area contributed by atoms with Gasteiger partial charge in [0.15, 0.2) is 11.5 Å². The Morgan fingerprint density at radius 3 is 2.56 bits per heavy atom. The predicted octanol–water partition coefficient (Wildman–Crippen LogP) is 4.96. The molecule has 2 fully saturated rings. The summed E-state index contributed by atoms with van der Waals surface area (Å²) >= 11 is 0. The fraction of sp³-hybridized carbons (Fsp3) is 0.405. The zero-order chi connectivity index (χ0) is 38.0. The molecular formula is C42H44N2O10. The molecule has 4 aliphatic rings. The van der Waals surface area contributed by atoms with E-state index in [-0.39, 0.29) is 53.4 Å². The summed E-state index contributed by atoms with van der Waals surface area (Å²) in [7, 11) is 4.71. The topological polar surface area (TPSA) is 148 Å². The van der Waals surface area contributed by atoms with Crippen LogP contribution in [0.2, 0.25) is 0 Å². The molecule has 1 spiro atoms. The summed E-state index contributed by atoms with van der Waals surface area (Å²) in [6.07, 6.45) is 4.13. The van der Waals surface area contributed by atoms with Crippen molar-refractivity contribution in [3.63, 3.8) is 0 Å². The molecule has 1 aliphatic carbocycles. The van der Waals surface area contributed by atoms with Crippen molar-refractivity contribution >= 4 is 28.6 Å². The Balaban J connectivity index is 1.06. The first-order valence-electron chi connectivity index (χ1n) is 18.4. The summed E-state index contributed by atoms with van der Waals surface area (Å²) in [5.41, 5.74) is -1.48. The SMILES string of the molecule is CC[C@]12C=CCN3CC[C@@]4(c5ccc(OC)cc5N(C)[C@H]4[C@@](O)(C(=O)OC)[C@@H]1OC(=O)CCCOc1cc(O)c4c(=O)cc(-c5ccccc5)oc4c1)[C@@H]32. The van der Waals surface area contributed by atoms with Gasteiger partial charge in [0.2, 0.25) is 5.60 Å². The maximum atomic E-state index is 14.1. The second-order valence-corrected chi connectivity index (χ2v) is 14.7. The van der Waals surface area contributed by atoms with Crippen LogP contribution in [-0.2, 0) is 24.5 Å². The normalized spacial score (nSPS) is 27.9. The first-order valence-corrected chi connectivity index (χ1v) is 18.4. The Bertz CT molecular complexity index is 2220. The summed E-state index contributed by atoms with van der Waals surface area (Å²) in [6.45, 7) is 3.51. The molecule has 1 saturated carbocycles. The number of nitrogens with zero attached hydrogens (tertiary/aromatic N) is 2. The molecule has 8 rings (SSSR count). The van der Waals surface area contributed by atoms with Crippen LogP contribution in [0.3, 0.4) is 0 Å². The zero-order valence-electron chi connectivity index (χ0n) is 30.7. The molecule has 1 aromatic heterocycles. The highest BCUT2D eigenvalue weighted by molar-refractivity contribution is 5.88. The molecule has 0 amide bonds. The third-order valence-electron chi connectivity index (χ3n) is 12.2. The van der Waals surface area contributed by atoms with Crippen LogP contribution in [0.25, 0.3) is 22.3 Å². The molecule has 6 atom stereocenters. The molecule has 54 heavy (non-hydrogen) atoms. The molecule has 0 radical (unpaired) electrons. The number of esters is 2. The van der Waals surface area contributed by atoms with Gasteiger partial charge in [0.1, 0.15) is 34.0 Å². The molecule has 282 valence electrons. The van der Waals surface area contributed by atoms with Crippen LogP contribution < -0.4 is 19.8 Å². The van der Waals surface area contributed by atoms with E-state index < -0.39 is 40.5 Å². The van der Waals surface area contributed by atoms with Gasteiger partial charge in [-0.1, -0.05) is 55.5 Å². The van der Waals surface area contributed by atoms with Gasteiger partial charge in [0.05, 0.1) is 26.9 Å². The van der Waals surface area contributed by atoms with Crippen molar-refractivity contribution in [1.82, 2.24) is 4.90 Å². The molecule has 12 heteroatoms. The molecule has 4 heterocycles. The first kappa shape index (κ1) is 35.7. The number of ether oxygens (including phenoxy) is 4. The van der Waals surface area contributed by atoms with Crippen LogP contribution in [0.15, 0.2) is 88.1 Å². The summed E-state index contributed by atoms with van der Waals surface area (Å²) in [4.78, 5) is 45.1. The van der Waals surface area contributed by atoms with E-state index in [1.54, 1.807) is 7.11 Å². The van der Waals surface area contributed by atoms with E-state index in [0.717, 1.165) is 17.8 Å². The molecule has 3 aromatic carbocycles. The molecule has 0 bridgehead atoms. The summed E-state index contributed by atoms with van der Waals surface area (Å²) < 4.78 is 29.2. The standard InChI is InChI=1S/C42H44N2O10/c1-5-40-16-10-18-44-19-17-41(36(40)44)28-15-14-26(50-3)21-29(28)43(2)37(41)42(49,39(48)51-4)38(40)54-34(47)13-9-20-52-27-22-30(45)35-31(46)24-32(53-33(35)23-27)25-11-7-6-8-12-25/h6-8,10-12,14-16,21-24,36-38,45,49H,5,9,13,17-20H2,1-4H3/t36-,37+,38+,40+,41+,42-/m0/s1. The third-order valence-corrected chi connectivity index (χ3v) is 12.2. The maximum Gasteiger partial charge on any atom is 0.344 e. The number of phenolic OH excluding ortho intramolecular Hbond substituents is 1. The minimum atomic E-state index is -2.24. The van der Waals surface area contributed by atoms with Crippen molar-refractivity contribution in [2.45, 2.75) is 61.8 Å². The van der Waals surface area contributed by atoms with Crippen molar-refractivity contribution in [2.75, 3.05) is 45.9 Å². The molecule has 0 unspecified atom stereocenters. The lowest BCUT2D eigenvalue weighted by molar-refractivity contribution is -0.229. The number of carbonyl (C=O) groups excluding carboxylic acids is 2. The Hall–Kier alpha value is -5.33. The van der Waals surface area contributed by atoms with Crippen molar-refractivity contribution < 1.29 is 43.2 Å². The average Bonchev–Trinajstić information content (AvgIpc) is 3.69. The van der Waals surface area contributed by atoms with E-state index in [1.807, 2.05) is 79.6 Å². The Morgan fingerprint density at radius 2 is 1.81 bits per heavy atom. The highest BCUT2D eigenvalue weighted by Gasteiger charge is 2.80.